The van der Waals surface area contributed by atoms with E-state index in [4.69, 9.17) is 4.52 Å². The standard InChI is InChI=1S/C11H18N2O/c1-8-3-4-9(2)11(8)12-7-10-5-6-13-14-10/h5-6,8-9,11-12H,3-4,7H2,1-2H3. The molecule has 1 aliphatic rings. The van der Waals surface area contributed by atoms with Gasteiger partial charge in [-0.15, -0.1) is 0 Å². The summed E-state index contributed by atoms with van der Waals surface area (Å²) < 4.78 is 5.05. The smallest absolute Gasteiger partial charge is 0.150 e. The van der Waals surface area contributed by atoms with Crippen molar-refractivity contribution in [2.24, 2.45) is 11.8 Å². The molecule has 1 fully saturated rings. The molecule has 1 aromatic rings. The van der Waals surface area contributed by atoms with Crippen LogP contribution in [0.15, 0.2) is 16.8 Å². The van der Waals surface area contributed by atoms with Crippen molar-refractivity contribution in [1.29, 1.82) is 0 Å². The maximum atomic E-state index is 5.05. The molecule has 1 aliphatic carbocycles. The Labute approximate surface area is 84.9 Å². The molecule has 1 heterocycles. The average Bonchev–Trinajstić information content (AvgIpc) is 2.76. The highest BCUT2D eigenvalue weighted by atomic mass is 16.5. The first-order chi connectivity index (χ1) is 6.77. The van der Waals surface area contributed by atoms with Crippen LogP contribution < -0.4 is 5.32 Å². The lowest BCUT2D eigenvalue weighted by Gasteiger charge is -2.20. The fourth-order valence-electron chi connectivity index (χ4n) is 2.40. The van der Waals surface area contributed by atoms with Gasteiger partial charge in [-0.05, 0) is 24.7 Å². The third-order valence-electron chi connectivity index (χ3n) is 3.31. The van der Waals surface area contributed by atoms with E-state index in [1.54, 1.807) is 6.20 Å². The van der Waals surface area contributed by atoms with Crippen molar-refractivity contribution in [3.8, 4) is 0 Å². The van der Waals surface area contributed by atoms with Crippen molar-refractivity contribution < 1.29 is 4.52 Å². The molecule has 1 aromatic heterocycles. The van der Waals surface area contributed by atoms with Crippen LogP contribution in [0, 0.1) is 11.8 Å². The number of hydrogen-bond acceptors (Lipinski definition) is 3. The Morgan fingerprint density at radius 3 is 2.71 bits per heavy atom. The molecule has 0 aliphatic heterocycles. The van der Waals surface area contributed by atoms with Gasteiger partial charge in [0.25, 0.3) is 0 Å². The highest BCUT2D eigenvalue weighted by Gasteiger charge is 2.29. The molecular formula is C11H18N2O. The average molecular weight is 194 g/mol. The normalized spacial score (nSPS) is 32.3. The van der Waals surface area contributed by atoms with Crippen molar-refractivity contribution in [1.82, 2.24) is 10.5 Å². The maximum Gasteiger partial charge on any atom is 0.150 e. The van der Waals surface area contributed by atoms with Crippen molar-refractivity contribution in [3.63, 3.8) is 0 Å². The topological polar surface area (TPSA) is 38.1 Å². The van der Waals surface area contributed by atoms with Gasteiger partial charge in [-0.2, -0.15) is 0 Å². The zero-order valence-electron chi connectivity index (χ0n) is 8.86. The summed E-state index contributed by atoms with van der Waals surface area (Å²) >= 11 is 0. The SMILES string of the molecule is CC1CCC(C)C1NCc1ccno1. The Morgan fingerprint density at radius 1 is 1.43 bits per heavy atom. The van der Waals surface area contributed by atoms with E-state index in [0.29, 0.717) is 6.04 Å². The molecule has 0 radical (unpaired) electrons. The van der Waals surface area contributed by atoms with E-state index in [1.807, 2.05) is 6.07 Å². The summed E-state index contributed by atoms with van der Waals surface area (Å²) in [6.07, 6.45) is 4.38. The zero-order valence-corrected chi connectivity index (χ0v) is 8.86. The van der Waals surface area contributed by atoms with Crippen LogP contribution in [0.3, 0.4) is 0 Å². The van der Waals surface area contributed by atoms with Gasteiger partial charge in [-0.1, -0.05) is 19.0 Å². The fourth-order valence-corrected chi connectivity index (χ4v) is 2.40. The van der Waals surface area contributed by atoms with Crippen molar-refractivity contribution in [2.75, 3.05) is 0 Å². The lowest BCUT2D eigenvalue weighted by Crippen LogP contribution is -2.34. The lowest BCUT2D eigenvalue weighted by molar-refractivity contribution is 0.324. The van der Waals surface area contributed by atoms with Crippen LogP contribution >= 0.6 is 0 Å². The third-order valence-corrected chi connectivity index (χ3v) is 3.31. The van der Waals surface area contributed by atoms with Gasteiger partial charge in [0.05, 0.1) is 12.7 Å². The molecule has 1 N–H and O–H groups in total. The lowest BCUT2D eigenvalue weighted by atomic mass is 10.0. The largest absolute Gasteiger partial charge is 0.360 e. The van der Waals surface area contributed by atoms with Crippen LogP contribution in [-0.4, -0.2) is 11.2 Å². The minimum Gasteiger partial charge on any atom is -0.360 e. The van der Waals surface area contributed by atoms with Crippen molar-refractivity contribution in [2.45, 2.75) is 39.3 Å². The summed E-state index contributed by atoms with van der Waals surface area (Å²) in [7, 11) is 0. The molecule has 3 heteroatoms. The van der Waals surface area contributed by atoms with Crippen LogP contribution in [-0.2, 0) is 6.54 Å². The number of aromatic nitrogens is 1. The molecular weight excluding hydrogens is 176 g/mol. The van der Waals surface area contributed by atoms with E-state index in [1.165, 1.54) is 12.8 Å². The van der Waals surface area contributed by atoms with E-state index < -0.39 is 0 Å². The fraction of sp³-hybridized carbons (Fsp3) is 0.727. The maximum absolute atomic E-state index is 5.05. The summed E-state index contributed by atoms with van der Waals surface area (Å²) in [5, 5.41) is 7.24. The van der Waals surface area contributed by atoms with Crippen LogP contribution in [0.5, 0.6) is 0 Å². The molecule has 14 heavy (non-hydrogen) atoms. The van der Waals surface area contributed by atoms with E-state index >= 15 is 0 Å². The second-order valence-electron chi connectivity index (χ2n) is 4.42. The van der Waals surface area contributed by atoms with Crippen LogP contribution in [0.4, 0.5) is 0 Å². The Balaban J connectivity index is 1.85. The summed E-state index contributed by atoms with van der Waals surface area (Å²) in [6, 6.07) is 2.55. The molecule has 2 atom stereocenters. The van der Waals surface area contributed by atoms with Gasteiger partial charge in [0.2, 0.25) is 0 Å². The first-order valence-electron chi connectivity index (χ1n) is 5.40. The van der Waals surface area contributed by atoms with Crippen molar-refractivity contribution >= 4 is 0 Å². The Bertz CT molecular complexity index is 261. The van der Waals surface area contributed by atoms with Crippen molar-refractivity contribution in [3.05, 3.63) is 18.0 Å². The molecule has 2 unspecified atom stereocenters. The summed E-state index contributed by atoms with van der Waals surface area (Å²) in [6.45, 7) is 5.45. The molecule has 0 bridgehead atoms. The first kappa shape index (κ1) is 9.71. The molecule has 78 valence electrons. The molecule has 0 aromatic carbocycles. The summed E-state index contributed by atoms with van der Waals surface area (Å²) in [5.74, 6) is 2.50. The number of hydrogen-bond donors (Lipinski definition) is 1. The molecule has 0 spiro atoms. The predicted octanol–water partition coefficient (Wildman–Crippen LogP) is 2.20. The predicted molar refractivity (Wildman–Crippen MR) is 54.7 cm³/mol. The van der Waals surface area contributed by atoms with Gasteiger partial charge in [0.15, 0.2) is 0 Å². The first-order valence-corrected chi connectivity index (χ1v) is 5.40. The molecule has 1 saturated carbocycles. The van der Waals surface area contributed by atoms with E-state index in [0.717, 1.165) is 24.1 Å². The molecule has 3 nitrogen and oxygen atoms in total. The highest BCUT2D eigenvalue weighted by Crippen LogP contribution is 2.30. The van der Waals surface area contributed by atoms with E-state index in [9.17, 15) is 0 Å². The quantitative estimate of drug-likeness (QED) is 0.801. The number of nitrogens with zero attached hydrogens (tertiary/aromatic N) is 1. The number of rotatable bonds is 3. The minimum atomic E-state index is 0.639. The second kappa shape index (κ2) is 4.13. The van der Waals surface area contributed by atoms with E-state index in [2.05, 4.69) is 24.3 Å². The third kappa shape index (κ3) is 1.98. The van der Waals surface area contributed by atoms with Gasteiger partial charge in [-0.25, -0.2) is 0 Å². The molecule has 2 rings (SSSR count). The Morgan fingerprint density at radius 2 is 2.14 bits per heavy atom. The molecule has 0 saturated heterocycles. The minimum absolute atomic E-state index is 0.639. The zero-order chi connectivity index (χ0) is 9.97. The van der Waals surface area contributed by atoms with Gasteiger partial charge in [0.1, 0.15) is 5.76 Å². The van der Waals surface area contributed by atoms with Crippen LogP contribution in [0.1, 0.15) is 32.4 Å². The van der Waals surface area contributed by atoms with E-state index in [-0.39, 0.29) is 0 Å². The van der Waals surface area contributed by atoms with Gasteiger partial charge in [-0.3, -0.25) is 0 Å². The second-order valence-corrected chi connectivity index (χ2v) is 4.42. The monoisotopic (exact) mass is 194 g/mol. The van der Waals surface area contributed by atoms with Crippen LogP contribution in [0.25, 0.3) is 0 Å². The summed E-state index contributed by atoms with van der Waals surface area (Å²) in [5.41, 5.74) is 0. The van der Waals surface area contributed by atoms with Gasteiger partial charge >= 0.3 is 0 Å². The Hall–Kier alpha value is -0.830. The number of nitrogens with one attached hydrogen (secondary N) is 1. The van der Waals surface area contributed by atoms with Gasteiger partial charge < -0.3 is 9.84 Å². The van der Waals surface area contributed by atoms with Crippen LogP contribution in [0.2, 0.25) is 0 Å². The van der Waals surface area contributed by atoms with Gasteiger partial charge in [0, 0.05) is 12.1 Å². The summed E-state index contributed by atoms with van der Waals surface area (Å²) in [4.78, 5) is 0. The highest BCUT2D eigenvalue weighted by molar-refractivity contribution is 4.94. The molecule has 0 amide bonds. The Kier molecular flexibility index (Phi) is 2.87.